The Kier molecular flexibility index (Phi) is 7.89. The molecular weight excluding hydrogens is 382 g/mol. The van der Waals surface area contributed by atoms with Gasteiger partial charge >= 0.3 is 18.0 Å². The van der Waals surface area contributed by atoms with Gasteiger partial charge in [-0.15, -0.1) is 0 Å². The maximum Gasteiger partial charge on any atom is 0.417 e. The van der Waals surface area contributed by atoms with Crippen molar-refractivity contribution >= 4 is 18.0 Å². The summed E-state index contributed by atoms with van der Waals surface area (Å²) in [6.45, 7) is 1.44. The molecule has 154 valence electrons. The van der Waals surface area contributed by atoms with Crippen molar-refractivity contribution in [1.82, 2.24) is 14.7 Å². The number of esters is 1. The van der Waals surface area contributed by atoms with E-state index in [1.165, 1.54) is 16.9 Å². The minimum Gasteiger partial charge on any atom is -0.490 e. The molecule has 0 bridgehead atoms. The van der Waals surface area contributed by atoms with Gasteiger partial charge in [0.2, 0.25) is 0 Å². The molecular formula is C19H21N3O7. The van der Waals surface area contributed by atoms with Crippen molar-refractivity contribution in [3.8, 4) is 5.75 Å². The van der Waals surface area contributed by atoms with Crippen LogP contribution < -0.4 is 10.3 Å². The normalized spacial score (nSPS) is 10.1. The van der Waals surface area contributed by atoms with Gasteiger partial charge in [0.25, 0.3) is 5.56 Å². The molecule has 2 amide bonds. The molecule has 0 aliphatic rings. The van der Waals surface area contributed by atoms with Crippen molar-refractivity contribution in [3.05, 3.63) is 58.5 Å². The molecule has 0 N–H and O–H groups in total. The summed E-state index contributed by atoms with van der Waals surface area (Å²) in [6, 6.07) is 10.6. The van der Waals surface area contributed by atoms with Crippen molar-refractivity contribution < 1.29 is 28.6 Å². The van der Waals surface area contributed by atoms with E-state index in [1.54, 1.807) is 6.92 Å². The van der Waals surface area contributed by atoms with Crippen molar-refractivity contribution in [3.63, 3.8) is 0 Å². The molecule has 1 heterocycles. The van der Waals surface area contributed by atoms with Crippen molar-refractivity contribution in [2.75, 3.05) is 26.9 Å². The Morgan fingerprint density at radius 2 is 1.90 bits per heavy atom. The van der Waals surface area contributed by atoms with Gasteiger partial charge in [0.1, 0.15) is 12.4 Å². The van der Waals surface area contributed by atoms with E-state index in [2.05, 4.69) is 9.84 Å². The number of aromatic nitrogens is 2. The van der Waals surface area contributed by atoms with Crippen LogP contribution in [0.2, 0.25) is 0 Å². The monoisotopic (exact) mass is 403 g/mol. The van der Waals surface area contributed by atoms with E-state index in [1.807, 2.05) is 30.3 Å². The third-order valence-electron chi connectivity index (χ3n) is 3.70. The Hall–Kier alpha value is -3.69. The molecule has 0 unspecified atom stereocenters. The fraction of sp³-hybridized carbons (Fsp3) is 0.316. The zero-order chi connectivity index (χ0) is 21.2. The van der Waals surface area contributed by atoms with E-state index >= 15 is 0 Å². The summed E-state index contributed by atoms with van der Waals surface area (Å²) in [4.78, 5) is 48.0. The number of carbonyl (C=O) groups is 3. The second-order valence-electron chi connectivity index (χ2n) is 5.67. The van der Waals surface area contributed by atoms with Crippen LogP contribution in [0, 0.1) is 0 Å². The second kappa shape index (κ2) is 10.6. The maximum absolute atomic E-state index is 12.2. The number of hydrogen-bond donors (Lipinski definition) is 0. The van der Waals surface area contributed by atoms with Gasteiger partial charge < -0.3 is 14.2 Å². The molecule has 10 nitrogen and oxygen atoms in total. The zero-order valence-electron chi connectivity index (χ0n) is 16.1. The number of ether oxygens (including phenoxy) is 3. The van der Waals surface area contributed by atoms with Crippen LogP contribution in [0.3, 0.4) is 0 Å². The summed E-state index contributed by atoms with van der Waals surface area (Å²) in [7, 11) is 1.02. The molecule has 0 saturated carbocycles. The first-order valence-corrected chi connectivity index (χ1v) is 8.76. The van der Waals surface area contributed by atoms with Crippen molar-refractivity contribution in [2.45, 2.75) is 13.5 Å². The standard InChI is InChI=1S/C19H21N3O7/c1-3-28-19(26)21(17(24)18(25)27-2)9-10-29-15-11-16(23)22(20-12-15)13-14-7-5-4-6-8-14/h4-8,11-12H,3,9-10,13H2,1-2H3. The van der Waals surface area contributed by atoms with Gasteiger partial charge in [-0.2, -0.15) is 5.10 Å². The molecule has 0 aliphatic carbocycles. The Labute approximate surface area is 166 Å². The topological polar surface area (TPSA) is 117 Å². The number of methoxy groups -OCH3 is 1. The highest BCUT2D eigenvalue weighted by Crippen LogP contribution is 2.06. The molecule has 0 aliphatic heterocycles. The minimum atomic E-state index is -1.21. The second-order valence-corrected chi connectivity index (χ2v) is 5.67. The highest BCUT2D eigenvalue weighted by Gasteiger charge is 2.29. The van der Waals surface area contributed by atoms with Gasteiger partial charge in [-0.3, -0.25) is 9.59 Å². The molecule has 1 aromatic heterocycles. The molecule has 0 spiro atoms. The average molecular weight is 403 g/mol. The van der Waals surface area contributed by atoms with E-state index in [-0.39, 0.29) is 31.1 Å². The number of carbonyl (C=O) groups excluding carboxylic acids is 3. The maximum atomic E-state index is 12.2. The first kappa shape index (κ1) is 21.6. The van der Waals surface area contributed by atoms with Gasteiger partial charge in [-0.25, -0.2) is 19.2 Å². The van der Waals surface area contributed by atoms with E-state index in [9.17, 15) is 19.2 Å². The molecule has 0 atom stereocenters. The molecule has 0 saturated heterocycles. The SMILES string of the molecule is CCOC(=O)N(CCOc1cnn(Cc2ccccc2)c(=O)c1)C(=O)C(=O)OC. The summed E-state index contributed by atoms with van der Waals surface area (Å²) in [5.41, 5.74) is 0.543. The molecule has 1 aromatic carbocycles. The van der Waals surface area contributed by atoms with Gasteiger partial charge in [-0.05, 0) is 12.5 Å². The van der Waals surface area contributed by atoms with Crippen LogP contribution in [0.4, 0.5) is 4.79 Å². The van der Waals surface area contributed by atoms with Crippen LogP contribution in [0.25, 0.3) is 0 Å². The Morgan fingerprint density at radius 3 is 2.52 bits per heavy atom. The number of nitrogens with zero attached hydrogens (tertiary/aromatic N) is 3. The molecule has 2 rings (SSSR count). The lowest BCUT2D eigenvalue weighted by atomic mass is 10.2. The number of benzene rings is 1. The van der Waals surface area contributed by atoms with E-state index in [4.69, 9.17) is 9.47 Å². The zero-order valence-corrected chi connectivity index (χ0v) is 16.1. The van der Waals surface area contributed by atoms with Crippen LogP contribution in [-0.4, -0.2) is 59.5 Å². The number of rotatable bonds is 7. The molecule has 0 fully saturated rings. The van der Waals surface area contributed by atoms with Gasteiger partial charge in [-0.1, -0.05) is 30.3 Å². The predicted molar refractivity (Wildman–Crippen MR) is 100 cm³/mol. The van der Waals surface area contributed by atoms with Crippen LogP contribution in [-0.2, 0) is 25.6 Å². The van der Waals surface area contributed by atoms with Crippen LogP contribution >= 0.6 is 0 Å². The molecule has 2 aromatic rings. The van der Waals surface area contributed by atoms with Gasteiger partial charge in [0.05, 0.1) is 33.0 Å². The first-order chi connectivity index (χ1) is 14.0. The molecule has 29 heavy (non-hydrogen) atoms. The van der Waals surface area contributed by atoms with Crippen LogP contribution in [0.15, 0.2) is 47.4 Å². The fourth-order valence-corrected chi connectivity index (χ4v) is 2.30. The summed E-state index contributed by atoms with van der Waals surface area (Å²) >= 11 is 0. The highest BCUT2D eigenvalue weighted by atomic mass is 16.6. The predicted octanol–water partition coefficient (Wildman–Crippen LogP) is 0.828. The third kappa shape index (κ3) is 6.16. The lowest BCUT2D eigenvalue weighted by Crippen LogP contribution is -2.44. The van der Waals surface area contributed by atoms with Crippen molar-refractivity contribution in [1.29, 1.82) is 0 Å². The Balaban J connectivity index is 1.99. The third-order valence-corrected chi connectivity index (χ3v) is 3.70. The smallest absolute Gasteiger partial charge is 0.417 e. The van der Waals surface area contributed by atoms with Crippen molar-refractivity contribution in [2.24, 2.45) is 0 Å². The summed E-state index contributed by atoms with van der Waals surface area (Å²) in [5.74, 6) is -2.22. The number of amides is 2. The summed E-state index contributed by atoms with van der Waals surface area (Å²) in [5, 5.41) is 4.05. The Bertz CT molecular complexity index is 912. The van der Waals surface area contributed by atoms with Crippen LogP contribution in [0.1, 0.15) is 12.5 Å². The Morgan fingerprint density at radius 1 is 1.17 bits per heavy atom. The van der Waals surface area contributed by atoms with Gasteiger partial charge in [0, 0.05) is 6.07 Å². The lowest BCUT2D eigenvalue weighted by Gasteiger charge is -2.18. The van der Waals surface area contributed by atoms with E-state index in [0.29, 0.717) is 11.4 Å². The number of hydrogen-bond acceptors (Lipinski definition) is 8. The quantitative estimate of drug-likeness (QED) is 0.493. The summed E-state index contributed by atoms with van der Waals surface area (Å²) < 4.78 is 15.7. The summed E-state index contributed by atoms with van der Waals surface area (Å²) in [6.07, 6.45) is 0.351. The number of imide groups is 1. The highest BCUT2D eigenvalue weighted by molar-refractivity contribution is 6.34. The minimum absolute atomic E-state index is 0.0220. The average Bonchev–Trinajstić information content (AvgIpc) is 2.73. The fourth-order valence-electron chi connectivity index (χ4n) is 2.30. The first-order valence-electron chi connectivity index (χ1n) is 8.76. The van der Waals surface area contributed by atoms with Gasteiger partial charge in [0.15, 0.2) is 0 Å². The lowest BCUT2D eigenvalue weighted by molar-refractivity contribution is -0.157. The molecule has 0 radical (unpaired) electrons. The van der Waals surface area contributed by atoms with E-state index in [0.717, 1.165) is 12.7 Å². The van der Waals surface area contributed by atoms with E-state index < -0.39 is 18.0 Å². The largest absolute Gasteiger partial charge is 0.490 e. The van der Waals surface area contributed by atoms with Crippen LogP contribution in [0.5, 0.6) is 5.75 Å². The molecule has 10 heteroatoms.